The molecule has 2 saturated heterocycles. The zero-order valence-corrected chi connectivity index (χ0v) is 34.6. The van der Waals surface area contributed by atoms with Gasteiger partial charge in [-0.1, -0.05) is 85.6 Å². The van der Waals surface area contributed by atoms with Crippen molar-refractivity contribution in [3.05, 3.63) is 129 Å². The number of hydrogen-bond donors (Lipinski definition) is 0. The van der Waals surface area contributed by atoms with Crippen LogP contribution in [0.4, 0.5) is 21.0 Å². The summed E-state index contributed by atoms with van der Waals surface area (Å²) in [6.45, 7) is 1.22. The lowest BCUT2D eigenvalue weighted by molar-refractivity contribution is 0.0923. The SMILES string of the molecule is COC(=O)N1CC[C@]2(/N=N/c3cccc4c3C[C@H]3N(C(=O)OC)CC[C@@]43[C@]34CCC[C@H]3Cc3c(/N=N/[C@]56CCCC5Cc5ccccc56)cccc34)c3ccccc3CC12. The number of carbonyl (C=O) groups is 2. The van der Waals surface area contributed by atoms with Gasteiger partial charge in [-0.25, -0.2) is 9.59 Å². The van der Waals surface area contributed by atoms with Gasteiger partial charge in [0.05, 0.1) is 31.6 Å². The van der Waals surface area contributed by atoms with Gasteiger partial charge in [0.15, 0.2) is 0 Å². The summed E-state index contributed by atoms with van der Waals surface area (Å²) in [6.07, 6.45) is 11.2. The van der Waals surface area contributed by atoms with E-state index in [0.717, 1.165) is 68.3 Å². The third-order valence-corrected chi connectivity index (χ3v) is 17.2. The number of rotatable bonds is 5. The summed E-state index contributed by atoms with van der Waals surface area (Å²) in [5.41, 5.74) is 10.9. The summed E-state index contributed by atoms with van der Waals surface area (Å²) >= 11 is 0. The highest BCUT2D eigenvalue weighted by atomic mass is 16.5. The summed E-state index contributed by atoms with van der Waals surface area (Å²) in [5, 5.41) is 21.2. The maximum atomic E-state index is 13.8. The number of likely N-dealkylation sites (tertiary alicyclic amines) is 2. The number of ether oxygens (including phenoxy) is 2. The highest BCUT2D eigenvalue weighted by Gasteiger charge is 2.70. The smallest absolute Gasteiger partial charge is 0.409 e. The topological polar surface area (TPSA) is 109 Å². The van der Waals surface area contributed by atoms with Crippen LogP contribution in [0.5, 0.6) is 0 Å². The Kier molecular flexibility index (Phi) is 7.94. The lowest BCUT2D eigenvalue weighted by Gasteiger charge is -2.50. The molecule has 2 unspecified atom stereocenters. The second-order valence-electron chi connectivity index (χ2n) is 19.0. The Balaban J connectivity index is 0.976. The van der Waals surface area contributed by atoms with E-state index in [4.69, 9.17) is 29.9 Å². The normalized spacial score (nSPS) is 33.8. The second-order valence-corrected chi connectivity index (χ2v) is 19.0. The molecular weight excluding hydrogens is 749 g/mol. The van der Waals surface area contributed by atoms with Gasteiger partial charge in [-0.05, 0) is 133 Å². The first-order chi connectivity index (χ1) is 29.4. The number of fused-ring (bicyclic) bond motifs is 13. The largest absolute Gasteiger partial charge is 0.453 e. The average molecular weight is 801 g/mol. The number of benzene rings is 4. The molecular formula is C50H52N6O4. The van der Waals surface area contributed by atoms with E-state index in [9.17, 15) is 9.59 Å². The van der Waals surface area contributed by atoms with Crippen LogP contribution >= 0.6 is 0 Å². The van der Waals surface area contributed by atoms with Crippen LogP contribution < -0.4 is 0 Å². The summed E-state index contributed by atoms with van der Waals surface area (Å²) in [7, 11) is 2.96. The first-order valence-electron chi connectivity index (χ1n) is 22.3. The van der Waals surface area contributed by atoms with Gasteiger partial charge in [0.25, 0.3) is 0 Å². The van der Waals surface area contributed by atoms with E-state index >= 15 is 0 Å². The standard InChI is InChI=1S/C50H52N6O4/c1-59-45(57)55-25-23-48(40-18-8-20-42(36(40)30-43(48)55)52-54-50-24-26-56(46(58)60-2)44(50)28-32-12-4-6-16-38(32)50)47-21-9-13-33(47)29-35-39(47)17-7-19-41(35)51-53-49-22-10-14-34(49)27-31-11-3-5-15-37(31)49/h3-8,11-12,15-20,33-34,43-44H,9-10,13-14,21-30H2,1-2H3/b53-51+,54-52+/t33-,34?,43+,44?,47+,48+,49+,50-/m0/s1. The Morgan fingerprint density at radius 2 is 1.12 bits per heavy atom. The molecule has 0 aromatic heterocycles. The maximum Gasteiger partial charge on any atom is 0.409 e. The van der Waals surface area contributed by atoms with Crippen LogP contribution in [0.3, 0.4) is 0 Å². The van der Waals surface area contributed by atoms with Crippen molar-refractivity contribution in [2.75, 3.05) is 27.3 Å². The van der Waals surface area contributed by atoms with Crippen LogP contribution in [0.25, 0.3) is 0 Å². The fraction of sp³-hybridized carbons (Fsp3) is 0.480. The molecule has 0 radical (unpaired) electrons. The zero-order valence-electron chi connectivity index (χ0n) is 34.6. The molecule has 0 bridgehead atoms. The summed E-state index contributed by atoms with van der Waals surface area (Å²) < 4.78 is 10.8. The van der Waals surface area contributed by atoms with Crippen LogP contribution in [0, 0.1) is 11.8 Å². The molecule has 10 heteroatoms. The molecule has 10 nitrogen and oxygen atoms in total. The van der Waals surface area contributed by atoms with Crippen molar-refractivity contribution < 1.29 is 19.1 Å². The monoisotopic (exact) mass is 800 g/mol. The lowest BCUT2D eigenvalue weighted by Crippen LogP contribution is -2.55. The molecule has 4 fully saturated rings. The molecule has 12 rings (SSSR count). The van der Waals surface area contributed by atoms with Crippen molar-refractivity contribution in [3.63, 3.8) is 0 Å². The van der Waals surface area contributed by atoms with Crippen molar-refractivity contribution in [2.45, 2.75) is 111 Å². The van der Waals surface area contributed by atoms with Gasteiger partial charge in [0, 0.05) is 30.0 Å². The van der Waals surface area contributed by atoms with E-state index in [1.165, 1.54) is 66.0 Å². The van der Waals surface area contributed by atoms with Crippen molar-refractivity contribution in [2.24, 2.45) is 32.3 Å². The molecule has 8 atom stereocenters. The Morgan fingerprint density at radius 3 is 1.85 bits per heavy atom. The van der Waals surface area contributed by atoms with E-state index in [-0.39, 0.29) is 40.6 Å². The molecule has 60 heavy (non-hydrogen) atoms. The van der Waals surface area contributed by atoms with E-state index in [0.29, 0.717) is 37.8 Å². The van der Waals surface area contributed by atoms with Crippen LogP contribution in [0.2, 0.25) is 0 Å². The third-order valence-electron chi connectivity index (χ3n) is 17.2. The van der Waals surface area contributed by atoms with E-state index < -0.39 is 5.54 Å². The van der Waals surface area contributed by atoms with Gasteiger partial charge in [-0.15, -0.1) is 0 Å². The number of carbonyl (C=O) groups excluding carboxylic acids is 2. The number of methoxy groups -OCH3 is 2. The highest BCUT2D eigenvalue weighted by molar-refractivity contribution is 5.73. The maximum absolute atomic E-state index is 13.8. The predicted octanol–water partition coefficient (Wildman–Crippen LogP) is 10.3. The van der Waals surface area contributed by atoms with E-state index in [1.807, 2.05) is 9.80 Å². The molecule has 2 amide bonds. The van der Waals surface area contributed by atoms with Crippen molar-refractivity contribution in [1.82, 2.24) is 9.80 Å². The molecule has 0 spiro atoms. The minimum atomic E-state index is -0.652. The highest BCUT2D eigenvalue weighted by Crippen LogP contribution is 2.70. The van der Waals surface area contributed by atoms with Gasteiger partial charge < -0.3 is 19.3 Å². The molecule has 2 aliphatic heterocycles. The van der Waals surface area contributed by atoms with Crippen molar-refractivity contribution in [1.29, 1.82) is 0 Å². The van der Waals surface area contributed by atoms with Gasteiger partial charge >= 0.3 is 12.2 Å². The second kappa shape index (κ2) is 13.1. The van der Waals surface area contributed by atoms with Crippen molar-refractivity contribution >= 4 is 23.6 Å². The minimum absolute atomic E-state index is 0.0827. The van der Waals surface area contributed by atoms with Crippen LogP contribution in [0.1, 0.15) is 95.9 Å². The Bertz CT molecular complexity index is 2540. The molecule has 6 aliphatic carbocycles. The Labute approximate surface area is 351 Å². The molecule has 8 aliphatic rings. The van der Waals surface area contributed by atoms with E-state index in [1.54, 1.807) is 0 Å². The first-order valence-corrected chi connectivity index (χ1v) is 22.3. The Morgan fingerprint density at radius 1 is 0.550 bits per heavy atom. The fourth-order valence-electron chi connectivity index (χ4n) is 15.0. The molecule has 4 aromatic rings. The fourth-order valence-corrected chi connectivity index (χ4v) is 15.0. The van der Waals surface area contributed by atoms with Crippen molar-refractivity contribution in [3.8, 4) is 0 Å². The number of hydrogen-bond acceptors (Lipinski definition) is 8. The molecule has 2 heterocycles. The van der Waals surface area contributed by atoms with Gasteiger partial charge in [0.1, 0.15) is 11.1 Å². The number of azo groups is 2. The third kappa shape index (κ3) is 4.55. The van der Waals surface area contributed by atoms with Gasteiger partial charge in [0.2, 0.25) is 0 Å². The molecule has 4 aromatic carbocycles. The number of amides is 2. The summed E-state index contributed by atoms with van der Waals surface area (Å²) in [4.78, 5) is 30.7. The average Bonchev–Trinajstić information content (AvgIpc) is 4.14. The molecule has 306 valence electrons. The van der Waals surface area contributed by atoms with Crippen LogP contribution in [0.15, 0.2) is 105 Å². The molecule has 2 saturated carbocycles. The lowest BCUT2D eigenvalue weighted by atomic mass is 9.53. The summed E-state index contributed by atoms with van der Waals surface area (Å²) in [5.74, 6) is 0.932. The quantitative estimate of drug-likeness (QED) is 0.187. The van der Waals surface area contributed by atoms with Gasteiger partial charge in [-0.2, -0.15) is 20.5 Å². The minimum Gasteiger partial charge on any atom is -0.453 e. The predicted molar refractivity (Wildman–Crippen MR) is 226 cm³/mol. The van der Waals surface area contributed by atoms with Gasteiger partial charge in [-0.3, -0.25) is 0 Å². The molecule has 0 N–H and O–H groups in total. The van der Waals surface area contributed by atoms with Crippen LogP contribution in [-0.4, -0.2) is 61.4 Å². The van der Waals surface area contributed by atoms with Crippen LogP contribution in [-0.2, 0) is 57.1 Å². The number of nitrogens with zero attached hydrogens (tertiary/aromatic N) is 6. The zero-order chi connectivity index (χ0) is 40.4. The summed E-state index contributed by atoms with van der Waals surface area (Å²) in [6, 6.07) is 30.5. The Hall–Kier alpha value is -5.38. The first kappa shape index (κ1) is 36.5. The van der Waals surface area contributed by atoms with E-state index in [2.05, 4.69) is 84.9 Å².